The van der Waals surface area contributed by atoms with Crippen LogP contribution in [0.4, 0.5) is 0 Å². The van der Waals surface area contributed by atoms with Gasteiger partial charge in [0.1, 0.15) is 5.75 Å². The molecular formula is C19H31N3O3. The minimum Gasteiger partial charge on any atom is -0.497 e. The molecule has 6 heteroatoms. The number of carbonyl (C=O) groups is 1. The zero-order valence-electron chi connectivity index (χ0n) is 15.6. The van der Waals surface area contributed by atoms with E-state index in [4.69, 9.17) is 4.74 Å². The number of benzene rings is 1. The van der Waals surface area contributed by atoms with Crippen LogP contribution in [-0.2, 0) is 16.0 Å². The number of unbranched alkanes of at least 4 members (excludes halogenated alkanes) is 3. The molecule has 0 heterocycles. The van der Waals surface area contributed by atoms with Crippen molar-refractivity contribution < 1.29 is 14.3 Å². The van der Waals surface area contributed by atoms with Crippen molar-refractivity contribution in [3.8, 4) is 5.75 Å². The molecule has 1 aromatic rings. The first kappa shape index (κ1) is 20.8. The van der Waals surface area contributed by atoms with Gasteiger partial charge in [-0.1, -0.05) is 25.0 Å². The first-order valence-corrected chi connectivity index (χ1v) is 8.84. The summed E-state index contributed by atoms with van der Waals surface area (Å²) in [5.74, 6) is 1.57. The monoisotopic (exact) mass is 349 g/mol. The van der Waals surface area contributed by atoms with E-state index in [2.05, 4.69) is 32.5 Å². The molecule has 1 aromatic carbocycles. The van der Waals surface area contributed by atoms with Crippen LogP contribution in [0.15, 0.2) is 29.3 Å². The van der Waals surface area contributed by atoms with Gasteiger partial charge >= 0.3 is 5.97 Å². The van der Waals surface area contributed by atoms with Gasteiger partial charge in [0.15, 0.2) is 5.96 Å². The fourth-order valence-corrected chi connectivity index (χ4v) is 2.39. The van der Waals surface area contributed by atoms with Crippen molar-refractivity contribution in [3.05, 3.63) is 29.8 Å². The highest BCUT2D eigenvalue weighted by Crippen LogP contribution is 2.11. The average Bonchev–Trinajstić information content (AvgIpc) is 2.65. The van der Waals surface area contributed by atoms with Crippen molar-refractivity contribution in [3.63, 3.8) is 0 Å². The minimum absolute atomic E-state index is 0.125. The third kappa shape index (κ3) is 9.59. The maximum absolute atomic E-state index is 11.0. The van der Waals surface area contributed by atoms with Crippen LogP contribution >= 0.6 is 0 Å². The molecule has 0 bridgehead atoms. The first-order chi connectivity index (χ1) is 12.2. The second kappa shape index (κ2) is 13.1. The molecule has 0 fully saturated rings. The lowest BCUT2D eigenvalue weighted by atomic mass is 10.1. The van der Waals surface area contributed by atoms with Crippen LogP contribution in [0.1, 0.15) is 37.7 Å². The summed E-state index contributed by atoms with van der Waals surface area (Å²) in [6, 6.07) is 8.10. The lowest BCUT2D eigenvalue weighted by Crippen LogP contribution is -2.38. The summed E-state index contributed by atoms with van der Waals surface area (Å²) in [7, 11) is 4.88. The van der Waals surface area contributed by atoms with Gasteiger partial charge in [-0.05, 0) is 37.0 Å². The topological polar surface area (TPSA) is 72.0 Å². The number of carbonyl (C=O) groups excluding carboxylic acids is 1. The Morgan fingerprint density at radius 3 is 2.32 bits per heavy atom. The largest absolute Gasteiger partial charge is 0.497 e. The molecule has 6 nitrogen and oxygen atoms in total. The van der Waals surface area contributed by atoms with Gasteiger partial charge in [-0.25, -0.2) is 0 Å². The summed E-state index contributed by atoms with van der Waals surface area (Å²) in [6.45, 7) is 1.70. The predicted molar refractivity (Wildman–Crippen MR) is 101 cm³/mol. The Morgan fingerprint density at radius 1 is 1.00 bits per heavy atom. The van der Waals surface area contributed by atoms with Crippen molar-refractivity contribution in [2.45, 2.75) is 38.5 Å². The molecule has 25 heavy (non-hydrogen) atoms. The molecule has 0 radical (unpaired) electrons. The quantitative estimate of drug-likeness (QED) is 0.278. The van der Waals surface area contributed by atoms with E-state index in [-0.39, 0.29) is 5.97 Å². The predicted octanol–water partition coefficient (Wildman–Crippen LogP) is 2.53. The van der Waals surface area contributed by atoms with Gasteiger partial charge in [-0.2, -0.15) is 0 Å². The highest BCUT2D eigenvalue weighted by molar-refractivity contribution is 5.79. The van der Waals surface area contributed by atoms with Crippen LogP contribution in [0.3, 0.4) is 0 Å². The van der Waals surface area contributed by atoms with E-state index in [0.717, 1.165) is 56.9 Å². The molecule has 0 aromatic heterocycles. The van der Waals surface area contributed by atoms with E-state index in [9.17, 15) is 4.79 Å². The molecule has 140 valence electrons. The van der Waals surface area contributed by atoms with E-state index in [0.29, 0.717) is 6.42 Å². The molecule has 0 saturated carbocycles. The number of esters is 1. The minimum atomic E-state index is -0.125. The zero-order chi connectivity index (χ0) is 18.3. The highest BCUT2D eigenvalue weighted by Gasteiger charge is 2.00. The molecule has 0 spiro atoms. The van der Waals surface area contributed by atoms with E-state index >= 15 is 0 Å². The summed E-state index contributed by atoms with van der Waals surface area (Å²) in [5.41, 5.74) is 1.26. The van der Waals surface area contributed by atoms with E-state index in [1.54, 1.807) is 14.2 Å². The average molecular weight is 349 g/mol. The second-order valence-electron chi connectivity index (χ2n) is 5.76. The Kier molecular flexibility index (Phi) is 10.9. The van der Waals surface area contributed by atoms with Crippen LogP contribution in [-0.4, -0.2) is 46.3 Å². The van der Waals surface area contributed by atoms with Crippen molar-refractivity contribution in [2.75, 3.05) is 34.4 Å². The lowest BCUT2D eigenvalue weighted by Gasteiger charge is -2.12. The highest BCUT2D eigenvalue weighted by atomic mass is 16.5. The maximum atomic E-state index is 11.0. The fraction of sp³-hybridized carbons (Fsp3) is 0.579. The Labute approximate surface area is 151 Å². The standard InChI is InChI=1S/C19H31N3O3/c1-20-19(21-14-7-5-4-6-8-18(23)25-3)22-15-13-16-9-11-17(24-2)12-10-16/h9-12H,4-8,13-15H2,1-3H3,(H2,20,21,22). The van der Waals surface area contributed by atoms with Gasteiger partial charge in [-0.3, -0.25) is 9.79 Å². The van der Waals surface area contributed by atoms with Gasteiger partial charge < -0.3 is 20.1 Å². The Bertz CT molecular complexity index is 515. The number of aliphatic imine (C=N–C) groups is 1. The van der Waals surface area contributed by atoms with E-state index < -0.39 is 0 Å². The summed E-state index contributed by atoms with van der Waals surface area (Å²) in [4.78, 5) is 15.2. The zero-order valence-corrected chi connectivity index (χ0v) is 15.6. The third-order valence-electron chi connectivity index (χ3n) is 3.92. The van der Waals surface area contributed by atoms with E-state index in [1.807, 2.05) is 12.1 Å². The maximum Gasteiger partial charge on any atom is 0.305 e. The summed E-state index contributed by atoms with van der Waals surface area (Å²) >= 11 is 0. The summed E-state index contributed by atoms with van der Waals surface area (Å²) in [5, 5.41) is 6.63. The fourth-order valence-electron chi connectivity index (χ4n) is 2.39. The number of guanidine groups is 1. The number of nitrogens with one attached hydrogen (secondary N) is 2. The van der Waals surface area contributed by atoms with Gasteiger partial charge in [0.05, 0.1) is 14.2 Å². The Morgan fingerprint density at radius 2 is 1.68 bits per heavy atom. The molecule has 0 aliphatic heterocycles. The normalized spacial score (nSPS) is 11.1. The molecule has 0 atom stereocenters. The summed E-state index contributed by atoms with van der Waals surface area (Å²) in [6.07, 6.45) is 5.52. The van der Waals surface area contributed by atoms with Gasteiger partial charge in [0.2, 0.25) is 0 Å². The smallest absolute Gasteiger partial charge is 0.305 e. The SMILES string of the molecule is CN=C(NCCCCCCC(=O)OC)NCCc1ccc(OC)cc1. The Balaban J connectivity index is 2.09. The number of ether oxygens (including phenoxy) is 2. The molecule has 1 rings (SSSR count). The second-order valence-corrected chi connectivity index (χ2v) is 5.76. The Hall–Kier alpha value is -2.24. The van der Waals surface area contributed by atoms with Crippen LogP contribution in [0.25, 0.3) is 0 Å². The number of hydrogen-bond donors (Lipinski definition) is 2. The third-order valence-corrected chi connectivity index (χ3v) is 3.92. The molecule has 0 amide bonds. The lowest BCUT2D eigenvalue weighted by molar-refractivity contribution is -0.140. The van der Waals surface area contributed by atoms with Crippen LogP contribution in [0, 0.1) is 0 Å². The first-order valence-electron chi connectivity index (χ1n) is 8.84. The van der Waals surface area contributed by atoms with Crippen molar-refractivity contribution in [1.29, 1.82) is 0 Å². The molecule has 0 saturated heterocycles. The molecule has 2 N–H and O–H groups in total. The van der Waals surface area contributed by atoms with Gasteiger partial charge in [0, 0.05) is 26.6 Å². The van der Waals surface area contributed by atoms with Crippen molar-refractivity contribution in [2.24, 2.45) is 4.99 Å². The number of methoxy groups -OCH3 is 2. The summed E-state index contributed by atoms with van der Waals surface area (Å²) < 4.78 is 9.78. The van der Waals surface area contributed by atoms with Gasteiger partial charge in [-0.15, -0.1) is 0 Å². The number of nitrogens with zero attached hydrogens (tertiary/aromatic N) is 1. The van der Waals surface area contributed by atoms with Crippen LogP contribution < -0.4 is 15.4 Å². The van der Waals surface area contributed by atoms with Gasteiger partial charge in [0.25, 0.3) is 0 Å². The van der Waals surface area contributed by atoms with Crippen LogP contribution in [0.5, 0.6) is 5.75 Å². The van der Waals surface area contributed by atoms with E-state index in [1.165, 1.54) is 12.7 Å². The molecule has 0 aliphatic carbocycles. The van der Waals surface area contributed by atoms with Crippen molar-refractivity contribution in [1.82, 2.24) is 10.6 Å². The van der Waals surface area contributed by atoms with Crippen molar-refractivity contribution >= 4 is 11.9 Å². The molecular weight excluding hydrogens is 318 g/mol. The van der Waals surface area contributed by atoms with Crippen LogP contribution in [0.2, 0.25) is 0 Å². The number of rotatable bonds is 11. The molecule has 0 aliphatic rings. The number of hydrogen-bond acceptors (Lipinski definition) is 4. The molecule has 0 unspecified atom stereocenters.